The van der Waals surface area contributed by atoms with E-state index in [0.29, 0.717) is 13.1 Å². The summed E-state index contributed by atoms with van der Waals surface area (Å²) < 4.78 is 0. The van der Waals surface area contributed by atoms with Crippen LogP contribution in [0.2, 0.25) is 0 Å². The van der Waals surface area contributed by atoms with Gasteiger partial charge in [0.2, 0.25) is 11.8 Å². The van der Waals surface area contributed by atoms with Crippen LogP contribution in [0.5, 0.6) is 0 Å². The molecule has 0 radical (unpaired) electrons. The summed E-state index contributed by atoms with van der Waals surface area (Å²) in [6.07, 6.45) is 0. The molecule has 0 saturated heterocycles. The van der Waals surface area contributed by atoms with Gasteiger partial charge in [-0.3, -0.25) is 9.59 Å². The highest BCUT2D eigenvalue weighted by Crippen LogP contribution is 2.16. The fourth-order valence-electron chi connectivity index (χ4n) is 2.29. The summed E-state index contributed by atoms with van der Waals surface area (Å²) in [5.74, 6) is -0.565. The Morgan fingerprint density at radius 3 is 2.14 bits per heavy atom. The van der Waals surface area contributed by atoms with E-state index in [1.807, 2.05) is 44.2 Å². The quantitative estimate of drug-likeness (QED) is 0.825. The molecule has 0 saturated carbocycles. The van der Waals surface area contributed by atoms with Gasteiger partial charge in [-0.1, -0.05) is 30.3 Å². The highest BCUT2D eigenvalue weighted by Gasteiger charge is 2.24. The van der Waals surface area contributed by atoms with Gasteiger partial charge in [0.15, 0.2) is 0 Å². The topological polar surface area (TPSA) is 66.6 Å². The maximum atomic E-state index is 12.5. The molecule has 22 heavy (non-hydrogen) atoms. The van der Waals surface area contributed by atoms with Gasteiger partial charge in [0.05, 0.1) is 12.5 Å². The Balaban J connectivity index is 0.00000441. The number of carbonyl (C=O) groups excluding carboxylic acids is 2. The van der Waals surface area contributed by atoms with E-state index in [2.05, 4.69) is 0 Å². The Morgan fingerprint density at radius 2 is 1.68 bits per heavy atom. The third-order valence-corrected chi connectivity index (χ3v) is 3.60. The van der Waals surface area contributed by atoms with Gasteiger partial charge in [-0.15, -0.1) is 12.4 Å². The van der Waals surface area contributed by atoms with Crippen molar-refractivity contribution in [2.24, 2.45) is 5.73 Å². The number of nitrogens with zero attached hydrogens (tertiary/aromatic N) is 2. The molecule has 0 aromatic heterocycles. The Kier molecular flexibility index (Phi) is 9.45. The number of carbonyl (C=O) groups is 2. The Bertz CT molecular complexity index is 464. The van der Waals surface area contributed by atoms with Crippen molar-refractivity contribution in [3.05, 3.63) is 35.9 Å². The van der Waals surface area contributed by atoms with Crippen molar-refractivity contribution in [2.75, 3.05) is 33.2 Å². The van der Waals surface area contributed by atoms with Gasteiger partial charge in [-0.2, -0.15) is 0 Å². The van der Waals surface area contributed by atoms with Crippen molar-refractivity contribution in [1.82, 2.24) is 9.80 Å². The summed E-state index contributed by atoms with van der Waals surface area (Å²) >= 11 is 0. The van der Waals surface area contributed by atoms with Crippen molar-refractivity contribution in [2.45, 2.75) is 19.8 Å². The zero-order chi connectivity index (χ0) is 15.8. The average Bonchev–Trinajstić information content (AvgIpc) is 2.50. The normalized spacial score (nSPS) is 11.3. The van der Waals surface area contributed by atoms with Crippen molar-refractivity contribution in [1.29, 1.82) is 0 Å². The van der Waals surface area contributed by atoms with E-state index in [4.69, 9.17) is 5.73 Å². The second-order valence-electron chi connectivity index (χ2n) is 4.96. The van der Waals surface area contributed by atoms with Gasteiger partial charge in [0, 0.05) is 26.7 Å². The molecule has 1 aromatic rings. The number of nitrogens with two attached hydrogens (primary N) is 1. The third-order valence-electron chi connectivity index (χ3n) is 3.60. The fraction of sp³-hybridized carbons (Fsp3) is 0.500. The first kappa shape index (κ1) is 20.4. The molecule has 1 atom stereocenters. The van der Waals surface area contributed by atoms with Crippen molar-refractivity contribution < 1.29 is 9.59 Å². The van der Waals surface area contributed by atoms with Crippen LogP contribution < -0.4 is 5.73 Å². The summed E-state index contributed by atoms with van der Waals surface area (Å²) in [6, 6.07) is 9.43. The first-order valence-electron chi connectivity index (χ1n) is 7.32. The molecular weight excluding hydrogens is 302 g/mol. The average molecular weight is 328 g/mol. The Morgan fingerprint density at radius 1 is 1.14 bits per heavy atom. The number of likely N-dealkylation sites (N-methyl/N-ethyl adjacent to an activating group) is 2. The van der Waals surface area contributed by atoms with E-state index < -0.39 is 5.92 Å². The molecule has 1 rings (SSSR count). The molecule has 2 N–H and O–H groups in total. The molecule has 0 bridgehead atoms. The summed E-state index contributed by atoms with van der Waals surface area (Å²) in [4.78, 5) is 27.7. The van der Waals surface area contributed by atoms with Gasteiger partial charge in [-0.25, -0.2) is 0 Å². The van der Waals surface area contributed by atoms with Gasteiger partial charge in [0.25, 0.3) is 0 Å². The predicted octanol–water partition coefficient (Wildman–Crippen LogP) is 1.48. The number of hydrogen-bond donors (Lipinski definition) is 1. The maximum Gasteiger partial charge on any atom is 0.242 e. The van der Waals surface area contributed by atoms with Gasteiger partial charge in [-0.05, 0) is 19.4 Å². The third kappa shape index (κ3) is 5.31. The van der Waals surface area contributed by atoms with Crippen LogP contribution in [0, 0.1) is 0 Å². The molecule has 5 nitrogen and oxygen atoms in total. The molecule has 2 amide bonds. The number of rotatable bonds is 7. The van der Waals surface area contributed by atoms with Gasteiger partial charge < -0.3 is 15.5 Å². The Labute approximate surface area is 138 Å². The monoisotopic (exact) mass is 327 g/mol. The van der Waals surface area contributed by atoms with E-state index in [1.54, 1.807) is 11.9 Å². The minimum atomic E-state index is -0.402. The smallest absolute Gasteiger partial charge is 0.242 e. The molecule has 6 heteroatoms. The van der Waals surface area contributed by atoms with Crippen LogP contribution in [0.1, 0.15) is 25.3 Å². The van der Waals surface area contributed by atoms with Crippen LogP contribution in [-0.2, 0) is 9.59 Å². The molecule has 0 aliphatic heterocycles. The highest BCUT2D eigenvalue weighted by atomic mass is 35.5. The summed E-state index contributed by atoms with van der Waals surface area (Å²) in [6.45, 7) is 5.47. The molecule has 0 aliphatic rings. The lowest BCUT2D eigenvalue weighted by atomic mass is 9.98. The van der Waals surface area contributed by atoms with Crippen LogP contribution >= 0.6 is 12.4 Å². The molecular formula is C16H26ClN3O2. The second kappa shape index (κ2) is 10.2. The molecule has 0 aliphatic carbocycles. The number of benzene rings is 1. The van der Waals surface area contributed by atoms with E-state index >= 15 is 0 Å². The molecule has 1 aromatic carbocycles. The van der Waals surface area contributed by atoms with E-state index in [9.17, 15) is 9.59 Å². The first-order valence-corrected chi connectivity index (χ1v) is 7.32. The van der Waals surface area contributed by atoms with Crippen LogP contribution in [0.25, 0.3) is 0 Å². The number of amides is 2. The minimum Gasteiger partial charge on any atom is -0.342 e. The van der Waals surface area contributed by atoms with Crippen LogP contribution in [-0.4, -0.2) is 54.8 Å². The fourth-order valence-corrected chi connectivity index (χ4v) is 2.29. The van der Waals surface area contributed by atoms with Gasteiger partial charge in [0.1, 0.15) is 0 Å². The van der Waals surface area contributed by atoms with Crippen molar-refractivity contribution in [3.63, 3.8) is 0 Å². The number of hydrogen-bond acceptors (Lipinski definition) is 3. The maximum absolute atomic E-state index is 12.5. The van der Waals surface area contributed by atoms with E-state index in [1.165, 1.54) is 4.90 Å². The molecule has 0 spiro atoms. The molecule has 0 fully saturated rings. The summed E-state index contributed by atoms with van der Waals surface area (Å²) in [5.41, 5.74) is 6.63. The van der Waals surface area contributed by atoms with Crippen LogP contribution in [0.15, 0.2) is 30.3 Å². The molecule has 124 valence electrons. The lowest BCUT2D eigenvalue weighted by Crippen LogP contribution is -2.43. The minimum absolute atomic E-state index is 0. The highest BCUT2D eigenvalue weighted by molar-refractivity contribution is 5.88. The van der Waals surface area contributed by atoms with Crippen molar-refractivity contribution >= 4 is 24.2 Å². The first-order chi connectivity index (χ1) is 10.0. The second-order valence-corrected chi connectivity index (χ2v) is 4.96. The Hall–Kier alpha value is -1.59. The van der Waals surface area contributed by atoms with E-state index in [0.717, 1.165) is 5.56 Å². The number of halogens is 1. The largest absolute Gasteiger partial charge is 0.342 e. The summed E-state index contributed by atoms with van der Waals surface area (Å²) in [5, 5.41) is 0. The summed E-state index contributed by atoms with van der Waals surface area (Å²) in [7, 11) is 1.65. The van der Waals surface area contributed by atoms with E-state index in [-0.39, 0.29) is 37.3 Å². The van der Waals surface area contributed by atoms with Crippen LogP contribution in [0.4, 0.5) is 0 Å². The predicted molar refractivity (Wildman–Crippen MR) is 91.1 cm³/mol. The molecule has 1 unspecified atom stereocenters. The lowest BCUT2D eigenvalue weighted by molar-refractivity contribution is -0.139. The molecule has 0 heterocycles. The SMILES string of the molecule is CCN(CC)C(=O)CN(C)C(=O)C(CN)c1ccccc1.Cl. The lowest BCUT2D eigenvalue weighted by Gasteiger charge is -2.26. The standard InChI is InChI=1S/C16H25N3O2.ClH/c1-4-19(5-2)15(20)12-18(3)16(21)14(11-17)13-9-7-6-8-10-13;/h6-10,14H,4-5,11-12,17H2,1-3H3;1H. The van der Waals surface area contributed by atoms with Gasteiger partial charge >= 0.3 is 0 Å². The van der Waals surface area contributed by atoms with Crippen molar-refractivity contribution in [3.8, 4) is 0 Å². The van der Waals surface area contributed by atoms with Crippen LogP contribution in [0.3, 0.4) is 0 Å². The zero-order valence-corrected chi connectivity index (χ0v) is 14.3. The zero-order valence-electron chi connectivity index (χ0n) is 13.5.